The normalized spacial score (nSPS) is 10.7. The van der Waals surface area contributed by atoms with Gasteiger partial charge in [0.2, 0.25) is 5.88 Å². The molecular weight excluding hydrogens is 256 g/mol. The fraction of sp³-hybridized carbons (Fsp3) is 0.143. The topological polar surface area (TPSA) is 79.1 Å². The summed E-state index contributed by atoms with van der Waals surface area (Å²) in [4.78, 5) is 0. The largest absolute Gasteiger partial charge is 0.497 e. The van der Waals surface area contributed by atoms with E-state index in [9.17, 15) is 0 Å². The Morgan fingerprint density at radius 3 is 2.55 bits per heavy atom. The van der Waals surface area contributed by atoms with Crippen LogP contribution in [0.15, 0.2) is 41.2 Å². The highest BCUT2D eigenvalue weighted by Gasteiger charge is 2.18. The average Bonchev–Trinajstić information content (AvgIpc) is 3.05. The van der Waals surface area contributed by atoms with Gasteiger partial charge in [0, 0.05) is 18.8 Å². The number of aromatic nitrogens is 3. The lowest BCUT2D eigenvalue weighted by Crippen LogP contribution is -1.88. The number of hydrogen-bond acceptors (Lipinski definition) is 5. The molecule has 6 heteroatoms. The Kier molecular flexibility index (Phi) is 2.90. The summed E-state index contributed by atoms with van der Waals surface area (Å²) in [6, 6.07) is 7.58. The first kappa shape index (κ1) is 12.3. The molecule has 0 amide bonds. The Hall–Kier alpha value is -2.76. The van der Waals surface area contributed by atoms with Gasteiger partial charge in [0.25, 0.3) is 0 Å². The van der Waals surface area contributed by atoms with Crippen molar-refractivity contribution in [3.8, 4) is 28.1 Å². The van der Waals surface area contributed by atoms with Gasteiger partial charge in [-0.05, 0) is 17.7 Å². The van der Waals surface area contributed by atoms with E-state index in [1.807, 2.05) is 37.5 Å². The quantitative estimate of drug-likeness (QED) is 0.790. The van der Waals surface area contributed by atoms with Crippen molar-refractivity contribution in [2.45, 2.75) is 0 Å². The van der Waals surface area contributed by atoms with E-state index >= 15 is 0 Å². The van der Waals surface area contributed by atoms with E-state index in [1.165, 1.54) is 0 Å². The van der Waals surface area contributed by atoms with E-state index in [1.54, 1.807) is 18.0 Å². The second kappa shape index (κ2) is 4.73. The summed E-state index contributed by atoms with van der Waals surface area (Å²) in [7, 11) is 3.48. The van der Waals surface area contributed by atoms with E-state index in [0.717, 1.165) is 22.4 Å². The van der Waals surface area contributed by atoms with Crippen molar-refractivity contribution in [1.82, 2.24) is 14.9 Å². The fourth-order valence-corrected chi connectivity index (χ4v) is 2.08. The number of ether oxygens (including phenoxy) is 1. The first-order chi connectivity index (χ1) is 9.69. The monoisotopic (exact) mass is 270 g/mol. The van der Waals surface area contributed by atoms with Crippen molar-refractivity contribution in [2.24, 2.45) is 7.05 Å². The molecule has 0 saturated heterocycles. The summed E-state index contributed by atoms with van der Waals surface area (Å²) in [5.41, 5.74) is 9.13. The zero-order valence-corrected chi connectivity index (χ0v) is 11.2. The molecule has 20 heavy (non-hydrogen) atoms. The third-order valence-electron chi connectivity index (χ3n) is 3.08. The summed E-state index contributed by atoms with van der Waals surface area (Å²) in [5, 5.41) is 8.17. The van der Waals surface area contributed by atoms with E-state index in [2.05, 4.69) is 10.3 Å². The maximum Gasteiger partial charge on any atom is 0.230 e. The number of hydrogen-bond donors (Lipinski definition) is 1. The Bertz CT molecular complexity index is 728. The Balaban J connectivity index is 2.10. The molecule has 0 aliphatic rings. The average molecular weight is 270 g/mol. The summed E-state index contributed by atoms with van der Waals surface area (Å²) in [6.45, 7) is 0. The van der Waals surface area contributed by atoms with Crippen LogP contribution in [0.3, 0.4) is 0 Å². The van der Waals surface area contributed by atoms with Crippen LogP contribution in [-0.2, 0) is 7.05 Å². The molecule has 3 rings (SSSR count). The molecule has 3 aromatic rings. The molecule has 0 saturated carbocycles. The number of nitrogens with zero attached hydrogens (tertiary/aromatic N) is 3. The van der Waals surface area contributed by atoms with Gasteiger partial charge in [0.15, 0.2) is 0 Å². The lowest BCUT2D eigenvalue weighted by molar-refractivity contribution is 0.415. The van der Waals surface area contributed by atoms with Gasteiger partial charge in [-0.1, -0.05) is 17.3 Å². The summed E-state index contributed by atoms with van der Waals surface area (Å²) in [5.74, 6) is 1.07. The number of aryl methyl sites for hydroxylation is 1. The lowest BCUT2D eigenvalue weighted by Gasteiger charge is -2.03. The second-order valence-corrected chi connectivity index (χ2v) is 4.40. The third-order valence-corrected chi connectivity index (χ3v) is 3.08. The lowest BCUT2D eigenvalue weighted by atomic mass is 10.0. The molecule has 6 nitrogen and oxygen atoms in total. The van der Waals surface area contributed by atoms with E-state index in [-0.39, 0.29) is 5.88 Å². The number of nitrogens with two attached hydrogens (primary N) is 1. The molecule has 0 unspecified atom stereocenters. The fourth-order valence-electron chi connectivity index (χ4n) is 2.08. The van der Waals surface area contributed by atoms with Gasteiger partial charge in [-0.25, -0.2) is 0 Å². The van der Waals surface area contributed by atoms with Crippen molar-refractivity contribution < 1.29 is 9.26 Å². The summed E-state index contributed by atoms with van der Waals surface area (Å²) in [6.07, 6.45) is 3.59. The van der Waals surface area contributed by atoms with Crippen molar-refractivity contribution >= 4 is 5.88 Å². The molecule has 0 spiro atoms. The highest BCUT2D eigenvalue weighted by Crippen LogP contribution is 2.36. The van der Waals surface area contributed by atoms with E-state index < -0.39 is 0 Å². The maximum atomic E-state index is 5.90. The van der Waals surface area contributed by atoms with Crippen molar-refractivity contribution in [3.05, 3.63) is 36.7 Å². The van der Waals surface area contributed by atoms with Crippen LogP contribution in [0.4, 0.5) is 5.88 Å². The molecule has 0 atom stereocenters. The first-order valence-electron chi connectivity index (χ1n) is 6.07. The maximum absolute atomic E-state index is 5.90. The van der Waals surface area contributed by atoms with Crippen molar-refractivity contribution in [3.63, 3.8) is 0 Å². The first-order valence-corrected chi connectivity index (χ1v) is 6.07. The number of methoxy groups -OCH3 is 1. The summed E-state index contributed by atoms with van der Waals surface area (Å²) >= 11 is 0. The molecule has 0 bridgehead atoms. The predicted octanol–water partition coefficient (Wildman–Crippen LogP) is 2.33. The van der Waals surface area contributed by atoms with Crippen LogP contribution in [0.2, 0.25) is 0 Å². The van der Waals surface area contributed by atoms with Crippen LogP contribution in [0.5, 0.6) is 5.75 Å². The van der Waals surface area contributed by atoms with Gasteiger partial charge in [-0.3, -0.25) is 4.68 Å². The van der Waals surface area contributed by atoms with Gasteiger partial charge >= 0.3 is 0 Å². The number of anilines is 1. The minimum atomic E-state index is 0.286. The molecular formula is C14H14N4O2. The predicted molar refractivity (Wildman–Crippen MR) is 75.1 cm³/mol. The van der Waals surface area contributed by atoms with Gasteiger partial charge in [0.1, 0.15) is 11.4 Å². The molecule has 0 fully saturated rings. The minimum absolute atomic E-state index is 0.286. The Labute approximate surface area is 115 Å². The molecule has 2 aromatic heterocycles. The second-order valence-electron chi connectivity index (χ2n) is 4.40. The van der Waals surface area contributed by atoms with E-state index in [0.29, 0.717) is 5.69 Å². The highest BCUT2D eigenvalue weighted by atomic mass is 16.5. The van der Waals surface area contributed by atoms with Crippen LogP contribution in [0, 0.1) is 0 Å². The number of benzene rings is 1. The molecule has 0 aliphatic carbocycles. The molecule has 1 aromatic carbocycles. The number of nitrogen functional groups attached to an aromatic ring is 1. The molecule has 102 valence electrons. The molecule has 2 N–H and O–H groups in total. The SMILES string of the molecule is COc1ccc(-c2c(-c3cnn(C)c3)noc2N)cc1. The standard InChI is InChI=1S/C14H14N4O2/c1-18-8-10(7-16-18)13-12(14(15)20-17-13)9-3-5-11(19-2)6-4-9/h3-8H,15H2,1-2H3. The van der Waals surface area contributed by atoms with Crippen LogP contribution in [-0.4, -0.2) is 22.0 Å². The molecule has 0 aliphatic heterocycles. The van der Waals surface area contributed by atoms with Gasteiger partial charge < -0.3 is 15.0 Å². The Morgan fingerprint density at radius 1 is 1.20 bits per heavy atom. The molecule has 2 heterocycles. The minimum Gasteiger partial charge on any atom is -0.497 e. The smallest absolute Gasteiger partial charge is 0.230 e. The van der Waals surface area contributed by atoms with Crippen molar-refractivity contribution in [2.75, 3.05) is 12.8 Å². The molecule has 0 radical (unpaired) electrons. The van der Waals surface area contributed by atoms with Gasteiger partial charge in [-0.2, -0.15) is 5.10 Å². The van der Waals surface area contributed by atoms with Crippen LogP contribution in [0.1, 0.15) is 0 Å². The van der Waals surface area contributed by atoms with Crippen molar-refractivity contribution in [1.29, 1.82) is 0 Å². The number of rotatable bonds is 3. The third kappa shape index (κ3) is 2.01. The van der Waals surface area contributed by atoms with Crippen LogP contribution < -0.4 is 10.5 Å². The van der Waals surface area contributed by atoms with Gasteiger partial charge in [-0.15, -0.1) is 0 Å². The van der Waals surface area contributed by atoms with Crippen LogP contribution >= 0.6 is 0 Å². The van der Waals surface area contributed by atoms with Gasteiger partial charge in [0.05, 0.1) is 18.9 Å². The van der Waals surface area contributed by atoms with Crippen LogP contribution in [0.25, 0.3) is 22.4 Å². The zero-order valence-electron chi connectivity index (χ0n) is 11.2. The highest BCUT2D eigenvalue weighted by molar-refractivity contribution is 5.86. The Morgan fingerprint density at radius 2 is 1.95 bits per heavy atom. The summed E-state index contributed by atoms with van der Waals surface area (Å²) < 4.78 is 12.0. The zero-order chi connectivity index (χ0) is 14.1. The van der Waals surface area contributed by atoms with E-state index in [4.69, 9.17) is 15.0 Å².